The number of carbonyl (C=O) groups is 3. The van der Waals surface area contributed by atoms with Gasteiger partial charge in [0.25, 0.3) is 0 Å². The molecular formula is C35H50O10Si. The summed E-state index contributed by atoms with van der Waals surface area (Å²) >= 11 is 0. The molecule has 46 heavy (non-hydrogen) atoms. The number of hydrogen-bond donors (Lipinski definition) is 3. The lowest BCUT2D eigenvalue weighted by atomic mass is 9.44. The van der Waals surface area contributed by atoms with E-state index in [0.29, 0.717) is 5.57 Å². The van der Waals surface area contributed by atoms with Crippen LogP contribution in [0.2, 0.25) is 18.1 Å². The highest BCUT2D eigenvalue weighted by atomic mass is 28.4. The summed E-state index contributed by atoms with van der Waals surface area (Å²) < 4.78 is 25.3. The van der Waals surface area contributed by atoms with Crippen molar-refractivity contribution in [2.24, 2.45) is 16.7 Å². The molecule has 254 valence electrons. The van der Waals surface area contributed by atoms with Gasteiger partial charge in [0.05, 0.1) is 35.9 Å². The average Bonchev–Trinajstić information content (AvgIpc) is 3.01. The molecule has 0 amide bonds. The molecule has 0 spiro atoms. The maximum atomic E-state index is 15.4. The lowest BCUT2D eigenvalue weighted by Gasteiger charge is -2.67. The van der Waals surface area contributed by atoms with Crippen LogP contribution in [0.4, 0.5) is 0 Å². The van der Waals surface area contributed by atoms with Crippen LogP contribution in [0.25, 0.3) is 0 Å². The molecule has 1 aromatic carbocycles. The van der Waals surface area contributed by atoms with Crippen molar-refractivity contribution in [3.8, 4) is 0 Å². The highest BCUT2D eigenvalue weighted by Crippen LogP contribution is 2.64. The molecular weight excluding hydrogens is 608 g/mol. The smallest absolute Gasteiger partial charge is 0.338 e. The Labute approximate surface area is 272 Å². The second-order valence-electron chi connectivity index (χ2n) is 14.5. The molecule has 4 aliphatic rings. The minimum absolute atomic E-state index is 0.158. The molecule has 2 saturated carbocycles. The fourth-order valence-corrected chi connectivity index (χ4v) is 11.9. The molecule has 0 aromatic heterocycles. The number of benzene rings is 1. The first-order chi connectivity index (χ1) is 21.5. The Morgan fingerprint density at radius 2 is 1.63 bits per heavy atom. The summed E-state index contributed by atoms with van der Waals surface area (Å²) in [6.45, 7) is 14.1. The Kier molecular flexibility index (Phi) is 9.05. The Hall–Kier alpha value is -2.41. The summed E-state index contributed by atoms with van der Waals surface area (Å²) in [7, 11) is -2.42. The highest BCUT2D eigenvalue weighted by molar-refractivity contribution is 6.73. The predicted molar refractivity (Wildman–Crippen MR) is 171 cm³/mol. The normalized spacial score (nSPS) is 38.5. The van der Waals surface area contributed by atoms with Crippen molar-refractivity contribution in [3.63, 3.8) is 0 Å². The minimum Gasteiger partial charge on any atom is -0.455 e. The maximum absolute atomic E-state index is 15.4. The van der Waals surface area contributed by atoms with E-state index >= 15 is 4.79 Å². The van der Waals surface area contributed by atoms with Crippen molar-refractivity contribution >= 4 is 26.0 Å². The predicted octanol–water partition coefficient (Wildman–Crippen LogP) is 4.11. The fourth-order valence-electron chi connectivity index (χ4n) is 8.96. The molecule has 5 rings (SSSR count). The van der Waals surface area contributed by atoms with E-state index in [-0.39, 0.29) is 30.6 Å². The molecule has 2 bridgehead atoms. The van der Waals surface area contributed by atoms with Gasteiger partial charge in [0.1, 0.15) is 17.3 Å². The summed E-state index contributed by atoms with van der Waals surface area (Å²) in [5.41, 5.74) is -5.82. The molecule has 11 heteroatoms. The van der Waals surface area contributed by atoms with Crippen LogP contribution in [0.5, 0.6) is 0 Å². The third-order valence-electron chi connectivity index (χ3n) is 12.2. The number of esters is 2. The first-order valence-corrected chi connectivity index (χ1v) is 19.1. The Balaban J connectivity index is 1.83. The van der Waals surface area contributed by atoms with E-state index in [1.54, 1.807) is 58.0 Å². The van der Waals surface area contributed by atoms with Crippen molar-refractivity contribution < 1.29 is 48.3 Å². The minimum atomic E-state index is -2.42. The van der Waals surface area contributed by atoms with Gasteiger partial charge in [-0.2, -0.15) is 0 Å². The van der Waals surface area contributed by atoms with Crippen LogP contribution in [0, 0.1) is 16.7 Å². The van der Waals surface area contributed by atoms with E-state index in [0.717, 1.165) is 18.1 Å². The number of aliphatic hydroxyl groups is 3. The zero-order valence-corrected chi connectivity index (χ0v) is 29.3. The summed E-state index contributed by atoms with van der Waals surface area (Å²) in [4.78, 5) is 42.0. The molecule has 1 saturated heterocycles. The standard InChI is InChI=1S/C35H50O10Si/c1-9-46(10-2,11-3)45-24-17-25-34(40,19-42-25)28-30(44-31(39)22-15-13-12-14-16-22)35(41)18-23(37)20(4)26(32(35,6)7)27(43-21(5)36)29(38)33(24,28)8/h12-16,23-25,27-28,30,37,40-41H,9-11,17-19H2,1-8H3/t23-,24-,25+,27+,28-,30-,33+,34-,35+/m0/s1. The van der Waals surface area contributed by atoms with Gasteiger partial charge in [0, 0.05) is 31.1 Å². The SMILES string of the molecule is CC[Si](CC)(CC)O[C@H]1C[C@H]2OC[C@@]2(O)[C@H]2[C@H](OC(=O)c3ccccc3)[C@]3(O)C[C@H](O)C(C)=C([C@@H](OC(C)=O)C(=O)[C@]12C)C3(C)C. The van der Waals surface area contributed by atoms with Gasteiger partial charge in [-0.15, -0.1) is 0 Å². The van der Waals surface area contributed by atoms with E-state index in [2.05, 4.69) is 20.8 Å². The van der Waals surface area contributed by atoms with Gasteiger partial charge in [-0.1, -0.05) is 52.8 Å². The maximum Gasteiger partial charge on any atom is 0.338 e. The average molecular weight is 659 g/mol. The molecule has 0 radical (unpaired) electrons. The van der Waals surface area contributed by atoms with Crippen LogP contribution < -0.4 is 0 Å². The quantitative estimate of drug-likeness (QED) is 0.212. The van der Waals surface area contributed by atoms with E-state index in [9.17, 15) is 24.9 Å². The van der Waals surface area contributed by atoms with Crippen LogP contribution >= 0.6 is 0 Å². The lowest BCUT2D eigenvalue weighted by molar-refractivity contribution is -0.342. The first-order valence-electron chi connectivity index (χ1n) is 16.6. The number of ketones is 1. The Bertz CT molecular complexity index is 1400. The van der Waals surface area contributed by atoms with Gasteiger partial charge in [0.2, 0.25) is 0 Å². The summed E-state index contributed by atoms with van der Waals surface area (Å²) in [5, 5.41) is 37.0. The number of Topliss-reactive ketones (excluding diaryl/α,β-unsaturated/α-hetero) is 1. The van der Waals surface area contributed by atoms with Crippen LogP contribution in [-0.2, 0) is 28.2 Å². The zero-order chi connectivity index (χ0) is 34.0. The van der Waals surface area contributed by atoms with Gasteiger partial charge in [-0.3, -0.25) is 9.59 Å². The van der Waals surface area contributed by atoms with Crippen LogP contribution in [0.15, 0.2) is 41.5 Å². The Morgan fingerprint density at radius 3 is 2.15 bits per heavy atom. The van der Waals surface area contributed by atoms with Gasteiger partial charge in [-0.05, 0) is 55.3 Å². The molecule has 1 aromatic rings. The van der Waals surface area contributed by atoms with Gasteiger partial charge >= 0.3 is 11.9 Å². The number of aliphatic hydroxyl groups excluding tert-OH is 1. The molecule has 10 nitrogen and oxygen atoms in total. The van der Waals surface area contributed by atoms with Gasteiger partial charge in [0.15, 0.2) is 20.2 Å². The molecule has 1 aliphatic heterocycles. The number of fused-ring (bicyclic) bond motifs is 5. The molecule has 1 heterocycles. The number of ether oxygens (including phenoxy) is 3. The number of carbonyl (C=O) groups excluding carboxylic acids is 3. The molecule has 0 unspecified atom stereocenters. The zero-order valence-electron chi connectivity index (χ0n) is 28.3. The molecule has 3 fully saturated rings. The highest BCUT2D eigenvalue weighted by Gasteiger charge is 2.77. The second-order valence-corrected chi connectivity index (χ2v) is 19.3. The Morgan fingerprint density at radius 1 is 1.02 bits per heavy atom. The third kappa shape index (κ3) is 4.95. The van der Waals surface area contributed by atoms with Crippen molar-refractivity contribution in [1.29, 1.82) is 0 Å². The molecule has 3 N–H and O–H groups in total. The van der Waals surface area contributed by atoms with Crippen molar-refractivity contribution in [2.45, 2.75) is 128 Å². The van der Waals surface area contributed by atoms with Crippen LogP contribution in [0.1, 0.15) is 78.6 Å². The topological polar surface area (TPSA) is 149 Å². The largest absolute Gasteiger partial charge is 0.455 e. The van der Waals surface area contributed by atoms with Gasteiger partial charge < -0.3 is 34.0 Å². The number of rotatable bonds is 8. The fraction of sp³-hybridized carbons (Fsp3) is 0.686. The summed E-state index contributed by atoms with van der Waals surface area (Å²) in [5.74, 6) is -3.22. The van der Waals surface area contributed by atoms with Crippen molar-refractivity contribution in [1.82, 2.24) is 0 Å². The second kappa shape index (κ2) is 11.9. The van der Waals surface area contributed by atoms with E-state index in [4.69, 9.17) is 18.6 Å². The molecule has 9 atom stereocenters. The third-order valence-corrected chi connectivity index (χ3v) is 16.8. The summed E-state index contributed by atoms with van der Waals surface area (Å²) in [6, 6.07) is 10.7. The molecule has 3 aliphatic carbocycles. The summed E-state index contributed by atoms with van der Waals surface area (Å²) in [6.07, 6.45) is -5.86. The lowest BCUT2D eigenvalue weighted by Crippen LogP contribution is -2.81. The van der Waals surface area contributed by atoms with Crippen LogP contribution in [0.3, 0.4) is 0 Å². The van der Waals surface area contributed by atoms with E-state index in [1.807, 2.05) is 0 Å². The first kappa shape index (κ1) is 34.9. The van der Waals surface area contributed by atoms with E-state index < -0.39 is 84.5 Å². The van der Waals surface area contributed by atoms with Crippen LogP contribution in [-0.4, -0.2) is 89.7 Å². The van der Waals surface area contributed by atoms with Crippen molar-refractivity contribution in [3.05, 3.63) is 47.0 Å². The van der Waals surface area contributed by atoms with E-state index in [1.165, 1.54) is 6.92 Å². The number of hydrogen-bond acceptors (Lipinski definition) is 10. The van der Waals surface area contributed by atoms with Gasteiger partial charge in [-0.25, -0.2) is 4.79 Å². The monoisotopic (exact) mass is 658 g/mol. The van der Waals surface area contributed by atoms with Crippen molar-refractivity contribution in [2.75, 3.05) is 6.61 Å².